The highest BCUT2D eigenvalue weighted by molar-refractivity contribution is 8.18. The van der Waals surface area contributed by atoms with Gasteiger partial charge in [0.1, 0.15) is 17.9 Å². The number of primary amides is 1. The van der Waals surface area contributed by atoms with Crippen LogP contribution in [0, 0.1) is 5.92 Å². The van der Waals surface area contributed by atoms with Gasteiger partial charge in [-0.1, -0.05) is 61.3 Å². The van der Waals surface area contributed by atoms with Crippen LogP contribution in [0.25, 0.3) is 0 Å². The summed E-state index contributed by atoms with van der Waals surface area (Å²) in [5.74, 6) is -1.28. The van der Waals surface area contributed by atoms with Crippen molar-refractivity contribution in [3.05, 3.63) is 80.3 Å². The Kier molecular flexibility index (Phi) is 7.50. The molecule has 0 saturated heterocycles. The van der Waals surface area contributed by atoms with Crippen LogP contribution in [0.3, 0.4) is 0 Å². The maximum absolute atomic E-state index is 13.3. The number of aldehydes is 1. The number of nitrogens with two attached hydrogens (primary N) is 1. The summed E-state index contributed by atoms with van der Waals surface area (Å²) in [4.78, 5) is 43.7. The number of hydrogen-bond acceptors (Lipinski definition) is 6. The summed E-state index contributed by atoms with van der Waals surface area (Å²) in [5, 5.41) is 4.54. The average Bonchev–Trinajstić information content (AvgIpc) is 3.32. The molecule has 10 heteroatoms. The largest absolute Gasteiger partial charge is 0.368 e. The Hall–Kier alpha value is -2.81. The van der Waals surface area contributed by atoms with Gasteiger partial charge in [0.05, 0.1) is 10.9 Å². The minimum atomic E-state index is -1.08. The van der Waals surface area contributed by atoms with Crippen molar-refractivity contribution in [1.82, 2.24) is 10.2 Å². The highest BCUT2D eigenvalue weighted by Gasteiger charge is 2.53. The molecule has 2 heterocycles. The summed E-state index contributed by atoms with van der Waals surface area (Å²) in [6, 6.07) is 13.9. The third-order valence-corrected chi connectivity index (χ3v) is 7.93. The fraction of sp³-hybridized carbons (Fsp3) is 0.308. The third-order valence-electron chi connectivity index (χ3n) is 6.36. The highest BCUT2D eigenvalue weighted by Crippen LogP contribution is 2.56. The smallest absolute Gasteiger partial charge is 0.260 e. The van der Waals surface area contributed by atoms with E-state index in [1.54, 1.807) is 0 Å². The van der Waals surface area contributed by atoms with Gasteiger partial charge in [0, 0.05) is 22.2 Å². The van der Waals surface area contributed by atoms with Crippen LogP contribution in [0.5, 0.6) is 0 Å². The minimum Gasteiger partial charge on any atom is -0.368 e. The molecule has 36 heavy (non-hydrogen) atoms. The van der Waals surface area contributed by atoms with E-state index in [4.69, 9.17) is 33.9 Å². The SMILES string of the molecule is CC(C)C1=C(C(=O)N[C@@H](CC=O)C(N)=O)SC2=N[C@@](C)(c3ccc(Cl)cc3)[C@@H](c3ccc(Cl)cc3)N21. The Morgan fingerprint density at radius 3 is 2.25 bits per heavy atom. The molecule has 3 N–H and O–H groups in total. The number of nitrogens with zero attached hydrogens (tertiary/aromatic N) is 2. The number of halogens is 2. The van der Waals surface area contributed by atoms with E-state index < -0.39 is 23.4 Å². The minimum absolute atomic E-state index is 0.0496. The van der Waals surface area contributed by atoms with Gasteiger partial charge >= 0.3 is 0 Å². The molecule has 0 radical (unpaired) electrons. The molecule has 0 fully saturated rings. The molecule has 0 saturated carbocycles. The molecular formula is C26H26Cl2N4O3S. The van der Waals surface area contributed by atoms with Gasteiger partial charge in [-0.25, -0.2) is 4.99 Å². The molecule has 0 bridgehead atoms. The average molecular weight is 545 g/mol. The summed E-state index contributed by atoms with van der Waals surface area (Å²) < 4.78 is 0. The van der Waals surface area contributed by atoms with Crippen molar-refractivity contribution in [1.29, 1.82) is 0 Å². The number of thioether (sulfide) groups is 1. The lowest BCUT2D eigenvalue weighted by molar-refractivity contribution is -0.126. The number of carbonyl (C=O) groups excluding carboxylic acids is 3. The van der Waals surface area contributed by atoms with Gasteiger partial charge in [-0.15, -0.1) is 0 Å². The van der Waals surface area contributed by atoms with E-state index in [9.17, 15) is 14.4 Å². The van der Waals surface area contributed by atoms with Crippen molar-refractivity contribution in [3.63, 3.8) is 0 Å². The molecule has 4 rings (SSSR count). The Balaban J connectivity index is 1.82. The van der Waals surface area contributed by atoms with Crippen molar-refractivity contribution in [2.24, 2.45) is 16.6 Å². The van der Waals surface area contributed by atoms with Crippen LogP contribution in [-0.2, 0) is 19.9 Å². The van der Waals surface area contributed by atoms with Gasteiger partial charge in [0.2, 0.25) is 5.91 Å². The van der Waals surface area contributed by atoms with Gasteiger partial charge < -0.3 is 20.7 Å². The van der Waals surface area contributed by atoms with E-state index in [2.05, 4.69) is 17.1 Å². The third kappa shape index (κ3) is 4.77. The van der Waals surface area contributed by atoms with E-state index >= 15 is 0 Å². The zero-order valence-corrected chi connectivity index (χ0v) is 22.3. The number of carbonyl (C=O) groups is 3. The predicted molar refractivity (Wildman–Crippen MR) is 144 cm³/mol. The molecule has 2 aromatic carbocycles. The van der Waals surface area contributed by atoms with Gasteiger partial charge in [-0.3, -0.25) is 9.59 Å². The van der Waals surface area contributed by atoms with Crippen molar-refractivity contribution in [3.8, 4) is 0 Å². The number of aliphatic imine (C=N–C) groups is 1. The predicted octanol–water partition coefficient (Wildman–Crippen LogP) is 4.80. The maximum Gasteiger partial charge on any atom is 0.260 e. The van der Waals surface area contributed by atoms with Gasteiger partial charge in [-0.2, -0.15) is 0 Å². The number of nitrogens with one attached hydrogen (secondary N) is 1. The van der Waals surface area contributed by atoms with Crippen molar-refractivity contribution >= 4 is 58.2 Å². The fourth-order valence-electron chi connectivity index (χ4n) is 4.64. The second-order valence-electron chi connectivity index (χ2n) is 9.17. The molecule has 2 aromatic rings. The first-order chi connectivity index (χ1) is 17.1. The second kappa shape index (κ2) is 10.3. The normalized spacial score (nSPS) is 21.9. The van der Waals surface area contributed by atoms with Crippen LogP contribution in [0.2, 0.25) is 10.0 Å². The highest BCUT2D eigenvalue weighted by atomic mass is 35.5. The summed E-state index contributed by atoms with van der Waals surface area (Å²) in [6.07, 6.45) is 0.369. The van der Waals surface area contributed by atoms with E-state index in [-0.39, 0.29) is 18.4 Å². The standard InChI is InChI=1S/C26H26Cl2N4O3S/c1-14(2)20-21(24(35)30-19(12-13-33)23(29)34)36-25-31-26(3,16-6-10-18(28)11-7-16)22(32(20)25)15-4-8-17(27)9-5-15/h4-11,13-14,19,22H,12H2,1-3H3,(H2,29,34)(H,30,35)/t19-,22+,26-/m0/s1. The number of hydrogen-bond donors (Lipinski definition) is 2. The summed E-state index contributed by atoms with van der Waals surface area (Å²) >= 11 is 13.6. The van der Waals surface area contributed by atoms with Crippen LogP contribution >= 0.6 is 35.0 Å². The van der Waals surface area contributed by atoms with E-state index in [0.29, 0.717) is 26.4 Å². The lowest BCUT2D eigenvalue weighted by Gasteiger charge is -2.37. The van der Waals surface area contributed by atoms with Crippen molar-refractivity contribution < 1.29 is 14.4 Å². The Bertz CT molecular complexity index is 1260. The van der Waals surface area contributed by atoms with Crippen molar-refractivity contribution in [2.45, 2.75) is 44.8 Å². The molecule has 7 nitrogen and oxygen atoms in total. The molecule has 2 aliphatic heterocycles. The molecular weight excluding hydrogens is 519 g/mol. The van der Waals surface area contributed by atoms with E-state index in [0.717, 1.165) is 16.8 Å². The van der Waals surface area contributed by atoms with Crippen molar-refractivity contribution in [2.75, 3.05) is 0 Å². The molecule has 0 spiro atoms. The van der Waals surface area contributed by atoms with E-state index in [1.165, 1.54) is 11.8 Å². The first-order valence-electron chi connectivity index (χ1n) is 11.4. The molecule has 2 amide bonds. The summed E-state index contributed by atoms with van der Waals surface area (Å²) in [6.45, 7) is 6.06. The van der Waals surface area contributed by atoms with Crippen LogP contribution < -0.4 is 11.1 Å². The Labute approximate surface area is 224 Å². The number of amides is 2. The first kappa shape index (κ1) is 26.3. The van der Waals surface area contributed by atoms with Crippen LogP contribution in [0.15, 0.2) is 64.1 Å². The molecule has 2 aliphatic rings. The summed E-state index contributed by atoms with van der Waals surface area (Å²) in [5.41, 5.74) is 7.44. The van der Waals surface area contributed by atoms with Gasteiger partial charge in [-0.05, 0) is 60.0 Å². The molecule has 188 valence electrons. The number of benzene rings is 2. The van der Waals surface area contributed by atoms with Crippen LogP contribution in [0.4, 0.5) is 0 Å². The monoisotopic (exact) mass is 544 g/mol. The quantitative estimate of drug-likeness (QED) is 0.464. The Morgan fingerprint density at radius 1 is 1.14 bits per heavy atom. The molecule has 3 atom stereocenters. The number of amidine groups is 1. The second-order valence-corrected chi connectivity index (χ2v) is 11.0. The van der Waals surface area contributed by atoms with Crippen LogP contribution in [0.1, 0.15) is 44.4 Å². The van der Waals surface area contributed by atoms with Crippen LogP contribution in [-0.4, -0.2) is 34.2 Å². The Morgan fingerprint density at radius 2 is 1.72 bits per heavy atom. The number of fused-ring (bicyclic) bond motifs is 1. The molecule has 0 unspecified atom stereocenters. The zero-order chi connectivity index (χ0) is 26.2. The zero-order valence-electron chi connectivity index (χ0n) is 20.0. The maximum atomic E-state index is 13.3. The van der Waals surface area contributed by atoms with Gasteiger partial charge in [0.25, 0.3) is 5.91 Å². The van der Waals surface area contributed by atoms with E-state index in [1.807, 2.05) is 62.4 Å². The first-order valence-corrected chi connectivity index (χ1v) is 13.0. The molecule has 0 aliphatic carbocycles. The topological polar surface area (TPSA) is 105 Å². The molecule has 0 aromatic heterocycles. The van der Waals surface area contributed by atoms with Gasteiger partial charge in [0.15, 0.2) is 5.17 Å². The number of allylic oxidation sites excluding steroid dienone is 1. The lowest BCUT2D eigenvalue weighted by atomic mass is 9.81. The lowest BCUT2D eigenvalue weighted by Crippen LogP contribution is -2.45. The fourth-order valence-corrected chi connectivity index (χ4v) is 6.20. The number of rotatable bonds is 8. The summed E-state index contributed by atoms with van der Waals surface area (Å²) in [7, 11) is 0.